The van der Waals surface area contributed by atoms with E-state index in [0.717, 1.165) is 17.1 Å². The molecule has 0 atom stereocenters. The summed E-state index contributed by atoms with van der Waals surface area (Å²) in [5.41, 5.74) is 1.75. The molecular formula is C15H18N2O2. The molecule has 4 nitrogen and oxygen atoms in total. The smallest absolute Gasteiger partial charge is 0.251 e. The molecule has 0 saturated carbocycles. The Bertz CT molecular complexity index is 561. The Morgan fingerprint density at radius 2 is 2.05 bits per heavy atom. The molecule has 0 unspecified atom stereocenters. The third-order valence-electron chi connectivity index (χ3n) is 2.84. The van der Waals surface area contributed by atoms with Crippen molar-refractivity contribution in [3.8, 4) is 0 Å². The second-order valence-electron chi connectivity index (χ2n) is 4.40. The Balaban J connectivity index is 1.90. The van der Waals surface area contributed by atoms with E-state index < -0.39 is 0 Å². The highest BCUT2D eigenvalue weighted by molar-refractivity contribution is 5.94. The highest BCUT2D eigenvalue weighted by Gasteiger charge is 2.03. The number of hydrogen-bond donors (Lipinski definition) is 2. The lowest BCUT2D eigenvalue weighted by Crippen LogP contribution is -2.18. The Morgan fingerprint density at radius 3 is 2.74 bits per heavy atom. The van der Waals surface area contributed by atoms with Crippen LogP contribution in [0.4, 0.5) is 0 Å². The minimum absolute atomic E-state index is 0.0662. The third-order valence-corrected chi connectivity index (χ3v) is 2.84. The molecule has 0 saturated heterocycles. The average molecular weight is 258 g/mol. The molecule has 0 aliphatic rings. The van der Waals surface area contributed by atoms with Crippen molar-refractivity contribution in [2.24, 2.45) is 0 Å². The first-order chi connectivity index (χ1) is 9.19. The minimum atomic E-state index is -0.0662. The number of hydrogen-bond acceptors (Lipinski definition) is 3. The summed E-state index contributed by atoms with van der Waals surface area (Å²) in [5.74, 6) is 1.77. The van der Waals surface area contributed by atoms with Crippen LogP contribution in [-0.4, -0.2) is 13.0 Å². The van der Waals surface area contributed by atoms with Crippen molar-refractivity contribution in [1.82, 2.24) is 10.6 Å². The van der Waals surface area contributed by atoms with Crippen LogP contribution in [0.25, 0.3) is 0 Å². The highest BCUT2D eigenvalue weighted by atomic mass is 16.3. The largest absolute Gasteiger partial charge is 0.465 e. The van der Waals surface area contributed by atoms with Crippen molar-refractivity contribution in [2.45, 2.75) is 20.0 Å². The van der Waals surface area contributed by atoms with Crippen LogP contribution in [0, 0.1) is 6.92 Å². The first-order valence-electron chi connectivity index (χ1n) is 6.26. The van der Waals surface area contributed by atoms with E-state index in [9.17, 15) is 4.79 Å². The molecule has 1 aromatic heterocycles. The summed E-state index contributed by atoms with van der Waals surface area (Å²) in [5, 5.41) is 5.91. The summed E-state index contributed by atoms with van der Waals surface area (Å²) >= 11 is 0. The molecule has 100 valence electrons. The van der Waals surface area contributed by atoms with Crippen molar-refractivity contribution in [1.29, 1.82) is 0 Å². The maximum Gasteiger partial charge on any atom is 0.251 e. The number of amides is 1. The molecule has 0 aliphatic heterocycles. The van der Waals surface area contributed by atoms with E-state index >= 15 is 0 Å². The number of aryl methyl sites for hydroxylation is 1. The monoisotopic (exact) mass is 258 g/mol. The van der Waals surface area contributed by atoms with Crippen LogP contribution < -0.4 is 10.6 Å². The molecular weight excluding hydrogens is 240 g/mol. The summed E-state index contributed by atoms with van der Waals surface area (Å²) in [4.78, 5) is 11.5. The Kier molecular flexibility index (Phi) is 4.36. The molecule has 4 heteroatoms. The van der Waals surface area contributed by atoms with E-state index in [2.05, 4.69) is 10.6 Å². The maximum absolute atomic E-state index is 11.5. The van der Waals surface area contributed by atoms with Crippen molar-refractivity contribution in [3.63, 3.8) is 0 Å². The van der Waals surface area contributed by atoms with E-state index in [1.165, 1.54) is 0 Å². The predicted molar refractivity (Wildman–Crippen MR) is 73.8 cm³/mol. The standard InChI is InChI=1S/C15H18N2O2/c1-11-6-7-14(19-11)10-17-9-12-4-3-5-13(8-12)15(18)16-2/h3-8,17H,9-10H2,1-2H3,(H,16,18). The zero-order chi connectivity index (χ0) is 13.7. The number of rotatable bonds is 5. The van der Waals surface area contributed by atoms with Gasteiger partial charge in [0.15, 0.2) is 0 Å². The zero-order valence-electron chi connectivity index (χ0n) is 11.2. The Morgan fingerprint density at radius 1 is 1.21 bits per heavy atom. The van der Waals surface area contributed by atoms with Crippen molar-refractivity contribution >= 4 is 5.91 Å². The third kappa shape index (κ3) is 3.69. The van der Waals surface area contributed by atoms with E-state index in [4.69, 9.17) is 4.42 Å². The Labute approximate surface area is 112 Å². The second-order valence-corrected chi connectivity index (χ2v) is 4.40. The van der Waals surface area contributed by atoms with Gasteiger partial charge in [0, 0.05) is 19.2 Å². The van der Waals surface area contributed by atoms with Gasteiger partial charge < -0.3 is 15.1 Å². The zero-order valence-corrected chi connectivity index (χ0v) is 11.2. The van der Waals surface area contributed by atoms with Crippen LogP contribution in [0.3, 0.4) is 0 Å². The molecule has 2 aromatic rings. The normalized spacial score (nSPS) is 10.4. The van der Waals surface area contributed by atoms with Gasteiger partial charge in [-0.3, -0.25) is 4.79 Å². The average Bonchev–Trinajstić information content (AvgIpc) is 2.84. The lowest BCUT2D eigenvalue weighted by atomic mass is 10.1. The molecule has 1 heterocycles. The molecule has 1 aromatic carbocycles. The highest BCUT2D eigenvalue weighted by Crippen LogP contribution is 2.08. The van der Waals surface area contributed by atoms with Gasteiger partial charge in [-0.2, -0.15) is 0 Å². The molecule has 2 rings (SSSR count). The molecule has 2 N–H and O–H groups in total. The van der Waals surface area contributed by atoms with Crippen molar-refractivity contribution in [3.05, 3.63) is 59.0 Å². The molecule has 0 bridgehead atoms. The summed E-state index contributed by atoms with van der Waals surface area (Å²) in [7, 11) is 1.63. The number of carbonyl (C=O) groups excluding carboxylic acids is 1. The van der Waals surface area contributed by atoms with E-state index in [1.807, 2.05) is 37.3 Å². The topological polar surface area (TPSA) is 54.3 Å². The predicted octanol–water partition coefficient (Wildman–Crippen LogP) is 2.24. The summed E-state index contributed by atoms with van der Waals surface area (Å²) in [6.45, 7) is 3.30. The molecule has 1 amide bonds. The van der Waals surface area contributed by atoms with Gasteiger partial charge >= 0.3 is 0 Å². The van der Waals surface area contributed by atoms with E-state index in [-0.39, 0.29) is 5.91 Å². The van der Waals surface area contributed by atoms with E-state index in [0.29, 0.717) is 18.7 Å². The summed E-state index contributed by atoms with van der Waals surface area (Å²) in [6, 6.07) is 11.5. The molecule has 0 fully saturated rings. The van der Waals surface area contributed by atoms with Crippen LogP contribution in [-0.2, 0) is 13.1 Å². The van der Waals surface area contributed by atoms with Gasteiger partial charge in [-0.05, 0) is 36.8 Å². The second kappa shape index (κ2) is 6.20. The van der Waals surface area contributed by atoms with Gasteiger partial charge in [0.1, 0.15) is 11.5 Å². The van der Waals surface area contributed by atoms with Gasteiger partial charge in [0.25, 0.3) is 5.91 Å². The molecule has 19 heavy (non-hydrogen) atoms. The van der Waals surface area contributed by atoms with Gasteiger partial charge in [-0.25, -0.2) is 0 Å². The number of carbonyl (C=O) groups is 1. The van der Waals surface area contributed by atoms with Crippen LogP contribution >= 0.6 is 0 Å². The number of nitrogens with one attached hydrogen (secondary N) is 2. The SMILES string of the molecule is CNC(=O)c1cccc(CNCc2ccc(C)o2)c1. The van der Waals surface area contributed by atoms with Gasteiger partial charge in [0.2, 0.25) is 0 Å². The fraction of sp³-hybridized carbons (Fsp3) is 0.267. The molecule has 0 radical (unpaired) electrons. The maximum atomic E-state index is 11.5. The summed E-state index contributed by atoms with van der Waals surface area (Å²) in [6.07, 6.45) is 0. The molecule has 0 aliphatic carbocycles. The quantitative estimate of drug-likeness (QED) is 0.864. The van der Waals surface area contributed by atoms with Gasteiger partial charge in [0.05, 0.1) is 6.54 Å². The van der Waals surface area contributed by atoms with Crippen LogP contribution in [0.2, 0.25) is 0 Å². The lowest BCUT2D eigenvalue weighted by Gasteiger charge is -2.05. The van der Waals surface area contributed by atoms with Crippen molar-refractivity contribution < 1.29 is 9.21 Å². The van der Waals surface area contributed by atoms with Crippen LogP contribution in [0.15, 0.2) is 40.8 Å². The number of furan rings is 1. The fourth-order valence-corrected chi connectivity index (χ4v) is 1.88. The Hall–Kier alpha value is -2.07. The number of benzene rings is 1. The van der Waals surface area contributed by atoms with Crippen LogP contribution in [0.1, 0.15) is 27.4 Å². The van der Waals surface area contributed by atoms with Crippen molar-refractivity contribution in [2.75, 3.05) is 7.05 Å². The minimum Gasteiger partial charge on any atom is -0.465 e. The van der Waals surface area contributed by atoms with E-state index in [1.54, 1.807) is 13.1 Å². The van der Waals surface area contributed by atoms with Gasteiger partial charge in [-0.1, -0.05) is 12.1 Å². The first kappa shape index (κ1) is 13.4. The lowest BCUT2D eigenvalue weighted by molar-refractivity contribution is 0.0963. The summed E-state index contributed by atoms with van der Waals surface area (Å²) < 4.78 is 5.47. The fourth-order valence-electron chi connectivity index (χ4n) is 1.88. The van der Waals surface area contributed by atoms with Crippen LogP contribution in [0.5, 0.6) is 0 Å². The first-order valence-corrected chi connectivity index (χ1v) is 6.26. The van der Waals surface area contributed by atoms with Gasteiger partial charge in [-0.15, -0.1) is 0 Å². The molecule has 0 spiro atoms.